The van der Waals surface area contributed by atoms with Crippen LogP contribution in [-0.2, 0) is 0 Å². The number of hydrogen-bond acceptors (Lipinski definition) is 8. The summed E-state index contributed by atoms with van der Waals surface area (Å²) in [5.74, 6) is 1.48. The number of nitrogens with two attached hydrogens (primary N) is 1. The van der Waals surface area contributed by atoms with Gasteiger partial charge in [0.2, 0.25) is 5.95 Å². The second kappa shape index (κ2) is 7.31. The number of halogens is 1. The molecule has 1 aromatic carbocycles. The summed E-state index contributed by atoms with van der Waals surface area (Å²) in [6, 6.07) is 10.7. The Hall–Kier alpha value is -3.92. The summed E-state index contributed by atoms with van der Waals surface area (Å²) >= 11 is 6.29. The van der Waals surface area contributed by atoms with Crippen LogP contribution in [0.3, 0.4) is 0 Å². The summed E-state index contributed by atoms with van der Waals surface area (Å²) in [5, 5.41) is 8.24. The molecule has 5 heterocycles. The average Bonchev–Trinajstić information content (AvgIpc) is 3.14. The minimum atomic E-state index is -0.295. The van der Waals surface area contributed by atoms with Gasteiger partial charge in [0.05, 0.1) is 16.8 Å². The zero-order chi connectivity index (χ0) is 22.7. The SMILES string of the molecule is Nc1nc2c(c(N3CCC3c3nn4ccc(Cl)c4c(=O)n3-c3ccccc3)n1)C(=O)CCN2. The van der Waals surface area contributed by atoms with E-state index in [9.17, 15) is 9.59 Å². The fourth-order valence-corrected chi connectivity index (χ4v) is 4.70. The third-order valence-corrected chi connectivity index (χ3v) is 6.40. The summed E-state index contributed by atoms with van der Waals surface area (Å²) in [6.45, 7) is 1.14. The van der Waals surface area contributed by atoms with Crippen molar-refractivity contribution < 1.29 is 4.79 Å². The van der Waals surface area contributed by atoms with Gasteiger partial charge in [0, 0.05) is 25.7 Å². The van der Waals surface area contributed by atoms with Crippen molar-refractivity contribution in [1.29, 1.82) is 0 Å². The number of para-hydroxylation sites is 1. The summed E-state index contributed by atoms with van der Waals surface area (Å²) in [6.07, 6.45) is 2.74. The molecular formula is C22H19ClN8O2. The number of aromatic nitrogens is 5. The first-order valence-electron chi connectivity index (χ1n) is 10.6. The first kappa shape index (κ1) is 19.7. The van der Waals surface area contributed by atoms with Crippen LogP contribution in [-0.4, -0.2) is 43.0 Å². The van der Waals surface area contributed by atoms with Crippen molar-refractivity contribution in [2.45, 2.75) is 18.9 Å². The summed E-state index contributed by atoms with van der Waals surface area (Å²) in [5.41, 5.74) is 7.11. The van der Waals surface area contributed by atoms with Gasteiger partial charge in [0.15, 0.2) is 11.6 Å². The molecule has 3 N–H and O–H groups in total. The number of benzene rings is 1. The van der Waals surface area contributed by atoms with E-state index in [-0.39, 0.29) is 23.3 Å². The van der Waals surface area contributed by atoms with Crippen molar-refractivity contribution in [3.05, 3.63) is 69.4 Å². The van der Waals surface area contributed by atoms with Crippen LogP contribution in [0.2, 0.25) is 5.02 Å². The van der Waals surface area contributed by atoms with Gasteiger partial charge in [-0.15, -0.1) is 0 Å². The first-order chi connectivity index (χ1) is 16.0. The maximum atomic E-state index is 13.5. The molecule has 2 aliphatic heterocycles. The molecule has 10 nitrogen and oxygen atoms in total. The number of hydrogen-bond donors (Lipinski definition) is 2. The Labute approximate surface area is 192 Å². The zero-order valence-electron chi connectivity index (χ0n) is 17.4. The minimum Gasteiger partial charge on any atom is -0.369 e. The van der Waals surface area contributed by atoms with Gasteiger partial charge in [-0.1, -0.05) is 29.8 Å². The molecule has 0 radical (unpaired) electrons. The number of Topliss-reactive ketones (excluding diaryl/α,β-unsaturated/α-hetero) is 1. The van der Waals surface area contributed by atoms with Crippen LogP contribution in [0, 0.1) is 0 Å². The standard InChI is InChI=1S/C22H19ClN8O2/c23-13-7-11-30-17(13)21(33)31(12-4-2-1-3-5-12)19(28-30)14-8-10-29(14)20-16-15(32)6-9-25-18(16)26-22(24)27-20/h1-5,7,11,14H,6,8-10H2,(H3,24,25,26,27). The second-order valence-electron chi connectivity index (χ2n) is 8.02. The van der Waals surface area contributed by atoms with E-state index in [0.29, 0.717) is 58.8 Å². The number of ketones is 1. The van der Waals surface area contributed by atoms with Gasteiger partial charge in [-0.3, -0.25) is 14.2 Å². The van der Waals surface area contributed by atoms with E-state index in [1.54, 1.807) is 16.8 Å². The van der Waals surface area contributed by atoms with Crippen molar-refractivity contribution in [2.24, 2.45) is 0 Å². The molecule has 4 aromatic rings. The first-order valence-corrected chi connectivity index (χ1v) is 11.0. The molecule has 1 unspecified atom stereocenters. The Balaban J connectivity index is 1.55. The number of carbonyl (C=O) groups is 1. The Morgan fingerprint density at radius 1 is 1.12 bits per heavy atom. The molecule has 1 fully saturated rings. The molecular weight excluding hydrogens is 444 g/mol. The lowest BCUT2D eigenvalue weighted by Gasteiger charge is -2.43. The van der Waals surface area contributed by atoms with Crippen molar-refractivity contribution in [3.63, 3.8) is 0 Å². The number of rotatable bonds is 3. The molecule has 3 aromatic heterocycles. The van der Waals surface area contributed by atoms with Crippen molar-refractivity contribution in [1.82, 2.24) is 24.1 Å². The number of anilines is 3. The largest absolute Gasteiger partial charge is 0.369 e. The van der Waals surface area contributed by atoms with Crippen molar-refractivity contribution in [2.75, 3.05) is 29.0 Å². The molecule has 1 saturated heterocycles. The topological polar surface area (TPSA) is 123 Å². The molecule has 6 rings (SSSR count). The van der Waals surface area contributed by atoms with Crippen LogP contribution in [0.1, 0.15) is 35.1 Å². The van der Waals surface area contributed by atoms with Crippen molar-refractivity contribution >= 4 is 40.5 Å². The Bertz CT molecular complexity index is 1480. The molecule has 33 heavy (non-hydrogen) atoms. The highest BCUT2D eigenvalue weighted by Crippen LogP contribution is 2.40. The normalized spacial score (nSPS) is 17.5. The number of nitrogens with one attached hydrogen (secondary N) is 1. The summed E-state index contributed by atoms with van der Waals surface area (Å²) < 4.78 is 3.08. The monoisotopic (exact) mass is 462 g/mol. The average molecular weight is 463 g/mol. The lowest BCUT2D eigenvalue weighted by molar-refractivity contribution is 0.0983. The number of nitrogen functional groups attached to an aromatic ring is 1. The van der Waals surface area contributed by atoms with Crippen LogP contribution in [0.5, 0.6) is 0 Å². The van der Waals surface area contributed by atoms with E-state index >= 15 is 0 Å². The van der Waals surface area contributed by atoms with Crippen molar-refractivity contribution in [3.8, 4) is 5.69 Å². The van der Waals surface area contributed by atoms with Crippen LogP contribution in [0.15, 0.2) is 47.4 Å². The Morgan fingerprint density at radius 2 is 1.94 bits per heavy atom. The minimum absolute atomic E-state index is 0.0366. The molecule has 0 aliphatic carbocycles. The van der Waals surface area contributed by atoms with E-state index in [2.05, 4.69) is 15.3 Å². The zero-order valence-corrected chi connectivity index (χ0v) is 18.2. The molecule has 0 saturated carbocycles. The molecule has 0 amide bonds. The van der Waals surface area contributed by atoms with Crippen LogP contribution < -0.4 is 21.5 Å². The highest BCUT2D eigenvalue weighted by molar-refractivity contribution is 6.33. The summed E-state index contributed by atoms with van der Waals surface area (Å²) in [4.78, 5) is 36.9. The second-order valence-corrected chi connectivity index (χ2v) is 8.43. The number of fused-ring (bicyclic) bond motifs is 2. The molecule has 166 valence electrons. The van der Waals surface area contributed by atoms with E-state index in [0.717, 1.165) is 6.42 Å². The molecule has 1 atom stereocenters. The summed E-state index contributed by atoms with van der Waals surface area (Å²) in [7, 11) is 0. The van der Waals surface area contributed by atoms with E-state index in [4.69, 9.17) is 22.4 Å². The molecule has 0 bridgehead atoms. The lowest BCUT2D eigenvalue weighted by Crippen LogP contribution is -2.46. The van der Waals surface area contributed by atoms with Gasteiger partial charge in [-0.2, -0.15) is 15.1 Å². The van der Waals surface area contributed by atoms with Gasteiger partial charge in [-0.05, 0) is 24.6 Å². The predicted octanol–water partition coefficient (Wildman–Crippen LogP) is 2.46. The van der Waals surface area contributed by atoms with Gasteiger partial charge in [-0.25, -0.2) is 4.52 Å². The fraction of sp³-hybridized carbons (Fsp3) is 0.227. The molecule has 2 aliphatic rings. The van der Waals surface area contributed by atoms with E-state index < -0.39 is 0 Å². The van der Waals surface area contributed by atoms with Gasteiger partial charge >= 0.3 is 0 Å². The third-order valence-electron chi connectivity index (χ3n) is 6.10. The molecule has 0 spiro atoms. The molecule has 11 heteroatoms. The quantitative estimate of drug-likeness (QED) is 0.476. The Morgan fingerprint density at radius 3 is 2.70 bits per heavy atom. The smallest absolute Gasteiger partial charge is 0.284 e. The Kier molecular flexibility index (Phi) is 4.37. The number of nitrogens with zero attached hydrogens (tertiary/aromatic N) is 6. The maximum absolute atomic E-state index is 13.5. The van der Waals surface area contributed by atoms with Crippen LogP contribution in [0.25, 0.3) is 11.2 Å². The fourth-order valence-electron chi connectivity index (χ4n) is 4.48. The van der Waals surface area contributed by atoms with Gasteiger partial charge in [0.25, 0.3) is 5.56 Å². The van der Waals surface area contributed by atoms with Gasteiger partial charge < -0.3 is 16.0 Å². The highest BCUT2D eigenvalue weighted by atomic mass is 35.5. The third kappa shape index (κ3) is 2.98. The predicted molar refractivity (Wildman–Crippen MR) is 124 cm³/mol. The maximum Gasteiger partial charge on any atom is 0.284 e. The van der Waals surface area contributed by atoms with Crippen LogP contribution in [0.4, 0.5) is 17.6 Å². The van der Waals surface area contributed by atoms with Gasteiger partial charge in [0.1, 0.15) is 22.7 Å². The van der Waals surface area contributed by atoms with E-state index in [1.165, 1.54) is 4.52 Å². The number of carbonyl (C=O) groups excluding carboxylic acids is 1. The lowest BCUT2D eigenvalue weighted by atomic mass is 9.98. The van der Waals surface area contributed by atoms with E-state index in [1.807, 2.05) is 35.2 Å². The highest BCUT2D eigenvalue weighted by Gasteiger charge is 2.39. The van der Waals surface area contributed by atoms with Crippen LogP contribution >= 0.6 is 11.6 Å².